The Bertz CT molecular complexity index is 1420. The first kappa shape index (κ1) is 31.3. The Morgan fingerprint density at radius 3 is 2.24 bits per heavy atom. The van der Waals surface area contributed by atoms with Gasteiger partial charge in [0.15, 0.2) is 11.5 Å². The molecular formula is C28H34N4O7S3. The van der Waals surface area contributed by atoms with Crippen molar-refractivity contribution in [3.63, 3.8) is 0 Å². The number of hydrogen-bond acceptors (Lipinski definition) is 9. The van der Waals surface area contributed by atoms with Gasteiger partial charge in [0.05, 0.1) is 31.8 Å². The average Bonchev–Trinajstić information content (AvgIpc) is 3.72. The first-order valence-electron chi connectivity index (χ1n) is 13.4. The van der Waals surface area contributed by atoms with Crippen LogP contribution in [0, 0.1) is 0 Å². The molecule has 4 rings (SSSR count). The molecule has 3 N–H and O–H groups in total. The molecule has 2 aromatic heterocycles. The first-order chi connectivity index (χ1) is 20.1. The summed E-state index contributed by atoms with van der Waals surface area (Å²) in [6.45, 7) is 2.87. The fourth-order valence-corrected chi connectivity index (χ4v) is 6.39. The Morgan fingerprint density at radius 1 is 0.976 bits per heavy atom. The van der Waals surface area contributed by atoms with Gasteiger partial charge in [0.1, 0.15) is 6.04 Å². The van der Waals surface area contributed by atoms with E-state index in [2.05, 4.69) is 10.6 Å². The highest BCUT2D eigenvalue weighted by Gasteiger charge is 2.29. The van der Waals surface area contributed by atoms with E-state index in [0.29, 0.717) is 43.0 Å². The molecule has 3 aromatic rings. The zero-order valence-corrected chi connectivity index (χ0v) is 25.8. The minimum atomic E-state index is -3.80. The van der Waals surface area contributed by atoms with Gasteiger partial charge in [-0.15, -0.1) is 22.7 Å². The number of amides is 4. The van der Waals surface area contributed by atoms with Gasteiger partial charge in [0, 0.05) is 9.75 Å². The summed E-state index contributed by atoms with van der Waals surface area (Å²) in [6, 6.07) is 10.4. The fourth-order valence-electron chi connectivity index (χ4n) is 4.45. The van der Waals surface area contributed by atoms with E-state index in [1.165, 1.54) is 0 Å². The molecule has 0 unspecified atom stereocenters. The average molecular weight is 635 g/mol. The zero-order chi connectivity index (χ0) is 30.1. The zero-order valence-electron chi connectivity index (χ0n) is 23.3. The normalized spacial score (nSPS) is 13.7. The topological polar surface area (TPSA) is 143 Å². The summed E-state index contributed by atoms with van der Waals surface area (Å²) in [5, 5.41) is 9.51. The third-order valence-electron chi connectivity index (χ3n) is 6.41. The van der Waals surface area contributed by atoms with Gasteiger partial charge in [0.2, 0.25) is 28.6 Å². The van der Waals surface area contributed by atoms with Crippen LogP contribution in [0.4, 0.5) is 4.79 Å². The lowest BCUT2D eigenvalue weighted by molar-refractivity contribution is -0.134. The number of nitrogens with zero attached hydrogens (tertiary/aromatic N) is 1. The Hall–Kier alpha value is -3.62. The van der Waals surface area contributed by atoms with Crippen LogP contribution in [-0.4, -0.2) is 50.3 Å². The summed E-state index contributed by atoms with van der Waals surface area (Å²) in [5.74, 6) is -0.0478. The number of ether oxygens (including phenoxy) is 2. The van der Waals surface area contributed by atoms with Gasteiger partial charge in [-0.3, -0.25) is 14.3 Å². The maximum atomic E-state index is 13.9. The summed E-state index contributed by atoms with van der Waals surface area (Å²) in [5.41, 5.74) is 0.506. The Morgan fingerprint density at radius 2 is 1.64 bits per heavy atom. The highest BCUT2D eigenvalue weighted by Crippen LogP contribution is 2.35. The van der Waals surface area contributed by atoms with Crippen molar-refractivity contribution in [1.29, 1.82) is 0 Å². The molecule has 0 fully saturated rings. The largest absolute Gasteiger partial charge is 0.454 e. The van der Waals surface area contributed by atoms with Crippen LogP contribution >= 0.6 is 22.7 Å². The standard InChI is InChI=1S/C28H34N4O7S3/c1-3-4-9-22(27(34)32(16-20-7-5-12-40-20)17-21-8-6-13-41-21)29-28(35)30-23(15-26(33)31-42(2,36)37)19-10-11-24-25(14-19)39-18-38-24/h5-8,10-14,22-23H,3-4,9,15-18H2,1-2H3,(H,31,33)(H2,29,30,35)/t22-,23-/m0/s1. The molecule has 0 aliphatic carbocycles. The Labute approximate surface area is 253 Å². The number of urea groups is 1. The summed E-state index contributed by atoms with van der Waals surface area (Å²) in [7, 11) is -3.80. The van der Waals surface area contributed by atoms with Gasteiger partial charge in [-0.1, -0.05) is 38.0 Å². The van der Waals surface area contributed by atoms with Crippen LogP contribution in [0.3, 0.4) is 0 Å². The molecule has 0 radical (unpaired) electrons. The fraction of sp³-hybridized carbons (Fsp3) is 0.393. The van der Waals surface area contributed by atoms with Gasteiger partial charge in [-0.2, -0.15) is 0 Å². The van der Waals surface area contributed by atoms with Crippen molar-refractivity contribution in [2.24, 2.45) is 0 Å². The maximum Gasteiger partial charge on any atom is 0.315 e. The summed E-state index contributed by atoms with van der Waals surface area (Å²) in [6.07, 6.45) is 2.48. The van der Waals surface area contributed by atoms with Crippen molar-refractivity contribution in [3.05, 3.63) is 68.5 Å². The van der Waals surface area contributed by atoms with E-state index in [4.69, 9.17) is 9.47 Å². The maximum absolute atomic E-state index is 13.9. The highest BCUT2D eigenvalue weighted by molar-refractivity contribution is 7.89. The lowest BCUT2D eigenvalue weighted by Gasteiger charge is -2.28. The molecule has 0 saturated heterocycles. The molecule has 4 amide bonds. The van der Waals surface area contributed by atoms with Gasteiger partial charge >= 0.3 is 6.03 Å². The van der Waals surface area contributed by atoms with Crippen molar-refractivity contribution in [2.75, 3.05) is 13.0 Å². The molecule has 2 atom stereocenters. The number of rotatable bonds is 14. The quantitative estimate of drug-likeness (QED) is 0.242. The summed E-state index contributed by atoms with van der Waals surface area (Å²) < 4.78 is 36.0. The van der Waals surface area contributed by atoms with Crippen LogP contribution in [0.1, 0.15) is 54.0 Å². The number of carbonyl (C=O) groups is 3. The molecule has 1 aliphatic heterocycles. The molecule has 0 bridgehead atoms. The van der Waals surface area contributed by atoms with Gasteiger partial charge in [-0.25, -0.2) is 13.2 Å². The van der Waals surface area contributed by atoms with Crippen LogP contribution in [0.5, 0.6) is 11.5 Å². The number of hydrogen-bond donors (Lipinski definition) is 3. The van der Waals surface area contributed by atoms with Crippen LogP contribution in [0.2, 0.25) is 0 Å². The second-order valence-corrected chi connectivity index (χ2v) is 13.6. The van der Waals surface area contributed by atoms with Gasteiger partial charge < -0.3 is 25.0 Å². The summed E-state index contributed by atoms with van der Waals surface area (Å²) >= 11 is 3.12. The van der Waals surface area contributed by atoms with Crippen LogP contribution in [-0.2, 0) is 32.7 Å². The van der Waals surface area contributed by atoms with Gasteiger partial charge in [0.25, 0.3) is 0 Å². The molecule has 226 valence electrons. The van der Waals surface area contributed by atoms with Crippen molar-refractivity contribution in [1.82, 2.24) is 20.3 Å². The third-order valence-corrected chi connectivity index (χ3v) is 8.73. The van der Waals surface area contributed by atoms with Crippen molar-refractivity contribution in [3.8, 4) is 11.5 Å². The number of nitrogens with one attached hydrogen (secondary N) is 3. The minimum Gasteiger partial charge on any atom is -0.454 e. The molecule has 0 saturated carbocycles. The number of unbranched alkanes of at least 4 members (excludes halogenated alkanes) is 1. The van der Waals surface area contributed by atoms with E-state index in [-0.39, 0.29) is 19.1 Å². The third kappa shape index (κ3) is 9.19. The predicted octanol–water partition coefficient (Wildman–Crippen LogP) is 4.13. The van der Waals surface area contributed by atoms with Crippen LogP contribution in [0.15, 0.2) is 53.2 Å². The number of sulfonamides is 1. The Kier molecular flexibility index (Phi) is 10.8. The second-order valence-electron chi connectivity index (χ2n) is 9.83. The molecule has 1 aromatic carbocycles. The summed E-state index contributed by atoms with van der Waals surface area (Å²) in [4.78, 5) is 43.6. The van der Waals surface area contributed by atoms with E-state index in [9.17, 15) is 22.8 Å². The van der Waals surface area contributed by atoms with E-state index in [1.807, 2.05) is 46.7 Å². The van der Waals surface area contributed by atoms with Crippen molar-refractivity contribution < 1.29 is 32.3 Å². The van der Waals surface area contributed by atoms with E-state index >= 15 is 0 Å². The van der Waals surface area contributed by atoms with Crippen LogP contribution in [0.25, 0.3) is 0 Å². The monoisotopic (exact) mass is 634 g/mol. The molecule has 11 nitrogen and oxygen atoms in total. The lowest BCUT2D eigenvalue weighted by atomic mass is 10.0. The number of carbonyl (C=O) groups excluding carboxylic acids is 3. The lowest BCUT2D eigenvalue weighted by Crippen LogP contribution is -2.51. The van der Waals surface area contributed by atoms with Gasteiger partial charge in [-0.05, 0) is 47.0 Å². The number of fused-ring (bicyclic) bond motifs is 1. The first-order valence-corrected chi connectivity index (χ1v) is 17.1. The predicted molar refractivity (Wildman–Crippen MR) is 161 cm³/mol. The van der Waals surface area contributed by atoms with E-state index in [0.717, 1.165) is 22.4 Å². The molecule has 3 heterocycles. The highest BCUT2D eigenvalue weighted by atomic mass is 32.2. The molecule has 14 heteroatoms. The minimum absolute atomic E-state index is 0.0423. The van der Waals surface area contributed by atoms with Crippen molar-refractivity contribution >= 4 is 50.5 Å². The van der Waals surface area contributed by atoms with Crippen LogP contribution < -0.4 is 24.8 Å². The second kappa shape index (κ2) is 14.5. The number of benzene rings is 1. The Balaban J connectivity index is 1.52. The van der Waals surface area contributed by atoms with E-state index in [1.54, 1.807) is 45.8 Å². The molecule has 42 heavy (non-hydrogen) atoms. The number of thiophene rings is 2. The molecular weight excluding hydrogens is 601 g/mol. The van der Waals surface area contributed by atoms with E-state index < -0.39 is 34.0 Å². The van der Waals surface area contributed by atoms with Crippen molar-refractivity contribution in [2.45, 2.75) is 57.8 Å². The SMILES string of the molecule is CCCC[C@H](NC(=O)N[C@@H](CC(=O)NS(C)(=O)=O)c1ccc2c(c1)OCO2)C(=O)N(Cc1cccs1)Cc1cccs1. The smallest absolute Gasteiger partial charge is 0.315 e. The molecule has 0 spiro atoms. The molecule has 1 aliphatic rings.